The number of thiophene rings is 1. The second-order valence-electron chi connectivity index (χ2n) is 4.40. The van der Waals surface area contributed by atoms with Crippen molar-refractivity contribution in [1.29, 1.82) is 0 Å². The third-order valence-corrected chi connectivity index (χ3v) is 3.81. The van der Waals surface area contributed by atoms with Crippen molar-refractivity contribution in [2.75, 3.05) is 0 Å². The molecule has 5 nitrogen and oxygen atoms in total. The van der Waals surface area contributed by atoms with Gasteiger partial charge in [-0.3, -0.25) is 4.98 Å². The molecule has 19 heavy (non-hydrogen) atoms. The summed E-state index contributed by atoms with van der Waals surface area (Å²) in [7, 11) is 0. The minimum atomic E-state index is 0.192. The van der Waals surface area contributed by atoms with Crippen molar-refractivity contribution in [2.24, 2.45) is 0 Å². The Morgan fingerprint density at radius 2 is 2.37 bits per heavy atom. The van der Waals surface area contributed by atoms with Crippen LogP contribution in [0.1, 0.15) is 30.2 Å². The number of pyridine rings is 1. The molecule has 1 N–H and O–H groups in total. The van der Waals surface area contributed by atoms with E-state index in [1.54, 1.807) is 18.3 Å². The van der Waals surface area contributed by atoms with E-state index in [0.29, 0.717) is 18.3 Å². The smallest absolute Gasteiger partial charge is 0.223 e. The van der Waals surface area contributed by atoms with Gasteiger partial charge in [0.2, 0.25) is 5.89 Å². The molecule has 6 heteroatoms. The lowest BCUT2D eigenvalue weighted by atomic mass is 10.1. The van der Waals surface area contributed by atoms with Gasteiger partial charge in [0.05, 0.1) is 16.8 Å². The van der Waals surface area contributed by atoms with Crippen LogP contribution in [0.5, 0.6) is 0 Å². The zero-order valence-corrected chi connectivity index (χ0v) is 11.6. The average molecular weight is 274 g/mol. The molecule has 0 bridgehead atoms. The molecule has 0 aliphatic heterocycles. The van der Waals surface area contributed by atoms with Crippen LogP contribution >= 0.6 is 11.3 Å². The Hall–Kier alpha value is -1.79. The molecular formula is C13H14N4OS. The van der Waals surface area contributed by atoms with Gasteiger partial charge in [-0.2, -0.15) is 4.98 Å². The monoisotopic (exact) mass is 274 g/mol. The van der Waals surface area contributed by atoms with Crippen molar-refractivity contribution in [3.63, 3.8) is 0 Å². The van der Waals surface area contributed by atoms with Gasteiger partial charge in [-0.05, 0) is 30.0 Å². The molecule has 3 heterocycles. The van der Waals surface area contributed by atoms with Crippen molar-refractivity contribution in [3.05, 3.63) is 41.0 Å². The zero-order chi connectivity index (χ0) is 13.2. The average Bonchev–Trinajstić information content (AvgIpc) is 3.03. The van der Waals surface area contributed by atoms with E-state index in [4.69, 9.17) is 4.52 Å². The van der Waals surface area contributed by atoms with Crippen LogP contribution in [0.15, 0.2) is 28.2 Å². The summed E-state index contributed by atoms with van der Waals surface area (Å²) in [5.41, 5.74) is 2.21. The van der Waals surface area contributed by atoms with Gasteiger partial charge in [0.25, 0.3) is 0 Å². The van der Waals surface area contributed by atoms with E-state index in [1.165, 1.54) is 4.70 Å². The van der Waals surface area contributed by atoms with E-state index in [9.17, 15) is 0 Å². The first kappa shape index (κ1) is 12.3. The summed E-state index contributed by atoms with van der Waals surface area (Å²) in [5, 5.41) is 9.28. The summed E-state index contributed by atoms with van der Waals surface area (Å²) < 4.78 is 6.15. The van der Waals surface area contributed by atoms with Gasteiger partial charge in [0.1, 0.15) is 0 Å². The van der Waals surface area contributed by atoms with Crippen LogP contribution in [0, 0.1) is 6.92 Å². The largest absolute Gasteiger partial charge is 0.340 e. The number of aromatic nitrogens is 3. The van der Waals surface area contributed by atoms with Gasteiger partial charge < -0.3 is 9.84 Å². The van der Waals surface area contributed by atoms with E-state index in [1.807, 2.05) is 12.3 Å². The first-order valence-corrected chi connectivity index (χ1v) is 6.96. The Balaban J connectivity index is 1.70. The number of fused-ring (bicyclic) bond motifs is 1. The van der Waals surface area contributed by atoms with E-state index in [-0.39, 0.29) is 6.04 Å². The molecule has 3 rings (SSSR count). The molecule has 0 aliphatic carbocycles. The summed E-state index contributed by atoms with van der Waals surface area (Å²) in [6.07, 6.45) is 1.91. The third-order valence-electron chi connectivity index (χ3n) is 2.96. The van der Waals surface area contributed by atoms with Gasteiger partial charge in [-0.15, -0.1) is 11.3 Å². The fraction of sp³-hybridized carbons (Fsp3) is 0.308. The van der Waals surface area contributed by atoms with Gasteiger partial charge in [0.15, 0.2) is 5.82 Å². The topological polar surface area (TPSA) is 63.8 Å². The number of aryl methyl sites for hydroxylation is 1. The van der Waals surface area contributed by atoms with Crippen molar-refractivity contribution in [1.82, 2.24) is 20.4 Å². The van der Waals surface area contributed by atoms with Crippen LogP contribution in [-0.2, 0) is 6.54 Å². The highest BCUT2D eigenvalue weighted by Gasteiger charge is 2.09. The molecule has 3 aromatic heterocycles. The SMILES string of the molecule is Cc1nc(CNC(C)c2cnc3ccsc3c2)no1. The lowest BCUT2D eigenvalue weighted by molar-refractivity contribution is 0.384. The second-order valence-corrected chi connectivity index (χ2v) is 5.35. The highest BCUT2D eigenvalue weighted by Crippen LogP contribution is 2.22. The predicted octanol–water partition coefficient (Wildman–Crippen LogP) is 2.84. The Labute approximate surface area is 114 Å². The molecule has 3 aromatic rings. The maximum absolute atomic E-state index is 4.94. The number of nitrogens with zero attached hydrogens (tertiary/aromatic N) is 3. The van der Waals surface area contributed by atoms with Crippen molar-refractivity contribution in [2.45, 2.75) is 26.4 Å². The van der Waals surface area contributed by atoms with Crippen LogP contribution in [0.3, 0.4) is 0 Å². The standard InChI is InChI=1S/C13H14N4OS/c1-8(14-7-13-16-9(2)18-17-13)10-5-12-11(15-6-10)3-4-19-12/h3-6,8,14H,7H2,1-2H3. The van der Waals surface area contributed by atoms with Crippen LogP contribution in [0.25, 0.3) is 10.2 Å². The summed E-state index contributed by atoms with van der Waals surface area (Å²) >= 11 is 1.71. The lowest BCUT2D eigenvalue weighted by Crippen LogP contribution is -2.19. The van der Waals surface area contributed by atoms with Crippen LogP contribution in [0.2, 0.25) is 0 Å². The second kappa shape index (κ2) is 5.07. The quantitative estimate of drug-likeness (QED) is 0.792. The Morgan fingerprint density at radius 1 is 1.47 bits per heavy atom. The number of rotatable bonds is 4. The van der Waals surface area contributed by atoms with Crippen LogP contribution < -0.4 is 5.32 Å². The van der Waals surface area contributed by atoms with Gasteiger partial charge in [-0.25, -0.2) is 0 Å². The van der Waals surface area contributed by atoms with Crippen molar-refractivity contribution < 1.29 is 4.52 Å². The molecule has 1 atom stereocenters. The van der Waals surface area contributed by atoms with E-state index in [0.717, 1.165) is 11.1 Å². The Kier molecular flexibility index (Phi) is 3.27. The molecule has 0 aliphatic rings. The van der Waals surface area contributed by atoms with Crippen molar-refractivity contribution >= 4 is 21.6 Å². The highest BCUT2D eigenvalue weighted by molar-refractivity contribution is 7.17. The molecule has 0 fully saturated rings. The minimum Gasteiger partial charge on any atom is -0.340 e. The molecule has 0 saturated carbocycles. The molecule has 0 amide bonds. The minimum absolute atomic E-state index is 0.192. The fourth-order valence-corrected chi connectivity index (χ4v) is 2.66. The molecule has 0 saturated heterocycles. The Bertz CT molecular complexity index is 691. The molecular weight excluding hydrogens is 260 g/mol. The molecule has 0 aromatic carbocycles. The van der Waals surface area contributed by atoms with Gasteiger partial charge >= 0.3 is 0 Å². The predicted molar refractivity (Wildman–Crippen MR) is 73.9 cm³/mol. The lowest BCUT2D eigenvalue weighted by Gasteiger charge is -2.12. The zero-order valence-electron chi connectivity index (χ0n) is 10.8. The maximum Gasteiger partial charge on any atom is 0.223 e. The molecule has 1 unspecified atom stereocenters. The fourth-order valence-electron chi connectivity index (χ4n) is 1.87. The number of hydrogen-bond acceptors (Lipinski definition) is 6. The number of hydrogen-bond donors (Lipinski definition) is 1. The van der Waals surface area contributed by atoms with E-state index >= 15 is 0 Å². The summed E-state index contributed by atoms with van der Waals surface area (Å²) in [4.78, 5) is 8.61. The van der Waals surface area contributed by atoms with Crippen LogP contribution in [-0.4, -0.2) is 15.1 Å². The molecule has 0 radical (unpaired) electrons. The maximum atomic E-state index is 4.94. The van der Waals surface area contributed by atoms with E-state index in [2.05, 4.69) is 38.8 Å². The van der Waals surface area contributed by atoms with Gasteiger partial charge in [0, 0.05) is 19.2 Å². The first-order valence-electron chi connectivity index (χ1n) is 6.08. The number of nitrogens with one attached hydrogen (secondary N) is 1. The van der Waals surface area contributed by atoms with Crippen LogP contribution in [0.4, 0.5) is 0 Å². The van der Waals surface area contributed by atoms with Gasteiger partial charge in [-0.1, -0.05) is 5.16 Å². The van der Waals surface area contributed by atoms with E-state index < -0.39 is 0 Å². The summed E-state index contributed by atoms with van der Waals surface area (Å²) in [6.45, 7) is 4.47. The molecule has 98 valence electrons. The third kappa shape index (κ3) is 2.64. The summed E-state index contributed by atoms with van der Waals surface area (Å²) in [5.74, 6) is 1.26. The molecule has 0 spiro atoms. The van der Waals surface area contributed by atoms with Crippen molar-refractivity contribution in [3.8, 4) is 0 Å². The Morgan fingerprint density at radius 3 is 3.16 bits per heavy atom. The first-order chi connectivity index (χ1) is 9.22. The normalized spacial score (nSPS) is 12.9. The summed E-state index contributed by atoms with van der Waals surface area (Å²) in [6, 6.07) is 4.40. The highest BCUT2D eigenvalue weighted by atomic mass is 32.1.